The van der Waals surface area contributed by atoms with E-state index in [1.54, 1.807) is 0 Å². The summed E-state index contributed by atoms with van der Waals surface area (Å²) in [6.07, 6.45) is 2.40. The number of benzene rings is 2. The standard InChI is InChI=1S/C19H16O4/c1-10-5-11(2)18(20)17-14(10)8-13(19(17)21)6-12-3-4-15-16(7-12)23-9-22-15/h3-7,20H,8-9H2,1-2H3/b13-6-. The molecule has 1 aliphatic carbocycles. The van der Waals surface area contributed by atoms with Crippen LogP contribution in [0.2, 0.25) is 0 Å². The molecular formula is C19H16O4. The highest BCUT2D eigenvalue weighted by atomic mass is 16.7. The van der Waals surface area contributed by atoms with Crippen LogP contribution in [-0.2, 0) is 6.42 Å². The van der Waals surface area contributed by atoms with Crippen molar-refractivity contribution in [3.8, 4) is 17.2 Å². The van der Waals surface area contributed by atoms with Gasteiger partial charge >= 0.3 is 0 Å². The Labute approximate surface area is 134 Å². The lowest BCUT2D eigenvalue weighted by Gasteiger charge is -2.07. The number of carbonyl (C=O) groups is 1. The van der Waals surface area contributed by atoms with E-state index in [0.717, 1.165) is 28.0 Å². The van der Waals surface area contributed by atoms with Crippen LogP contribution in [0.1, 0.15) is 32.6 Å². The number of aromatic hydroxyl groups is 1. The monoisotopic (exact) mass is 308 g/mol. The van der Waals surface area contributed by atoms with E-state index in [4.69, 9.17) is 9.47 Å². The number of allylic oxidation sites excluding steroid dienone is 1. The minimum atomic E-state index is -0.0954. The molecule has 0 atom stereocenters. The second-order valence-corrected chi connectivity index (χ2v) is 6.00. The first-order valence-electron chi connectivity index (χ1n) is 7.51. The van der Waals surface area contributed by atoms with Crippen molar-refractivity contribution in [2.45, 2.75) is 20.3 Å². The Morgan fingerprint density at radius 3 is 2.70 bits per heavy atom. The van der Waals surface area contributed by atoms with Crippen molar-refractivity contribution in [1.29, 1.82) is 0 Å². The summed E-state index contributed by atoms with van der Waals surface area (Å²) in [5.41, 5.74) is 4.72. The zero-order valence-corrected chi connectivity index (χ0v) is 13.0. The highest BCUT2D eigenvalue weighted by molar-refractivity contribution is 6.17. The summed E-state index contributed by atoms with van der Waals surface area (Å²) in [6, 6.07) is 7.53. The second kappa shape index (κ2) is 4.88. The third-order valence-electron chi connectivity index (χ3n) is 4.44. The van der Waals surface area contributed by atoms with Gasteiger partial charge in [0.15, 0.2) is 17.3 Å². The Kier molecular flexibility index (Phi) is 2.94. The lowest BCUT2D eigenvalue weighted by molar-refractivity contribution is 0.103. The Bertz CT molecular complexity index is 877. The van der Waals surface area contributed by atoms with Crippen LogP contribution < -0.4 is 9.47 Å². The van der Waals surface area contributed by atoms with Crippen molar-refractivity contribution >= 4 is 11.9 Å². The molecule has 2 aromatic rings. The van der Waals surface area contributed by atoms with E-state index in [1.165, 1.54) is 0 Å². The van der Waals surface area contributed by atoms with Crippen molar-refractivity contribution in [2.75, 3.05) is 6.79 Å². The molecule has 2 aromatic carbocycles. The van der Waals surface area contributed by atoms with Crippen molar-refractivity contribution in [3.63, 3.8) is 0 Å². The van der Waals surface area contributed by atoms with Crippen LogP contribution in [0.15, 0.2) is 29.8 Å². The fourth-order valence-electron chi connectivity index (χ4n) is 3.24. The SMILES string of the molecule is Cc1cc(C)c2c(c1O)C(=O)/C(=C\c1ccc3c(c1)OCO3)C2. The number of carbonyl (C=O) groups excluding carboxylic acids is 1. The molecule has 0 fully saturated rings. The van der Waals surface area contributed by atoms with Gasteiger partial charge in [-0.2, -0.15) is 0 Å². The van der Waals surface area contributed by atoms with Gasteiger partial charge in [0.1, 0.15) is 5.75 Å². The lowest BCUT2D eigenvalue weighted by Crippen LogP contribution is -1.97. The molecule has 0 bridgehead atoms. The van der Waals surface area contributed by atoms with Gasteiger partial charge in [-0.15, -0.1) is 0 Å². The normalized spacial score (nSPS) is 17.0. The van der Waals surface area contributed by atoms with Gasteiger partial charge in [-0.05, 0) is 54.3 Å². The van der Waals surface area contributed by atoms with E-state index in [1.807, 2.05) is 44.2 Å². The van der Waals surface area contributed by atoms with E-state index in [9.17, 15) is 9.90 Å². The zero-order chi connectivity index (χ0) is 16.1. The molecule has 0 unspecified atom stereocenters. The summed E-state index contributed by atoms with van der Waals surface area (Å²) >= 11 is 0. The van der Waals surface area contributed by atoms with E-state index < -0.39 is 0 Å². The van der Waals surface area contributed by atoms with Crippen LogP contribution in [0.25, 0.3) is 6.08 Å². The van der Waals surface area contributed by atoms with Crippen LogP contribution in [-0.4, -0.2) is 17.7 Å². The smallest absolute Gasteiger partial charge is 0.231 e. The highest BCUT2D eigenvalue weighted by Crippen LogP contribution is 2.39. The zero-order valence-electron chi connectivity index (χ0n) is 13.0. The number of rotatable bonds is 1. The number of phenols is 1. The van der Waals surface area contributed by atoms with Crippen LogP contribution in [0.4, 0.5) is 0 Å². The number of Topliss-reactive ketones (excluding diaryl/α,β-unsaturated/α-hetero) is 1. The van der Waals surface area contributed by atoms with Crippen LogP contribution in [0, 0.1) is 13.8 Å². The van der Waals surface area contributed by atoms with E-state index in [-0.39, 0.29) is 18.3 Å². The number of ether oxygens (including phenoxy) is 2. The Morgan fingerprint density at radius 2 is 1.87 bits per heavy atom. The van der Waals surface area contributed by atoms with E-state index in [2.05, 4.69) is 0 Å². The fraction of sp³-hybridized carbons (Fsp3) is 0.211. The summed E-state index contributed by atoms with van der Waals surface area (Å²) in [4.78, 5) is 12.7. The average molecular weight is 308 g/mol. The molecule has 1 heterocycles. The summed E-state index contributed by atoms with van der Waals surface area (Å²) < 4.78 is 10.7. The number of phenolic OH excluding ortho intramolecular Hbond substituents is 1. The Balaban J connectivity index is 1.76. The van der Waals surface area contributed by atoms with Crippen molar-refractivity contribution < 1.29 is 19.4 Å². The maximum atomic E-state index is 12.7. The van der Waals surface area contributed by atoms with Gasteiger partial charge in [0.05, 0.1) is 5.56 Å². The Hall–Kier alpha value is -2.75. The van der Waals surface area contributed by atoms with Crippen LogP contribution >= 0.6 is 0 Å². The predicted octanol–water partition coefficient (Wildman–Crippen LogP) is 3.56. The maximum Gasteiger partial charge on any atom is 0.231 e. The summed E-state index contributed by atoms with van der Waals surface area (Å²) in [7, 11) is 0. The molecule has 0 amide bonds. The van der Waals surface area contributed by atoms with Crippen LogP contribution in [0.3, 0.4) is 0 Å². The van der Waals surface area contributed by atoms with E-state index >= 15 is 0 Å². The van der Waals surface area contributed by atoms with Gasteiger partial charge in [0.25, 0.3) is 0 Å². The van der Waals surface area contributed by atoms with Crippen molar-refractivity contribution in [3.05, 3.63) is 57.7 Å². The summed E-state index contributed by atoms with van der Waals surface area (Å²) in [6.45, 7) is 4.02. The third kappa shape index (κ3) is 2.10. The molecule has 2 aliphatic rings. The molecule has 0 spiro atoms. The van der Waals surface area contributed by atoms with E-state index in [0.29, 0.717) is 23.3 Å². The number of ketones is 1. The van der Waals surface area contributed by atoms with Gasteiger partial charge in [0.2, 0.25) is 6.79 Å². The third-order valence-corrected chi connectivity index (χ3v) is 4.44. The van der Waals surface area contributed by atoms with Crippen molar-refractivity contribution in [2.24, 2.45) is 0 Å². The predicted molar refractivity (Wildman–Crippen MR) is 86.2 cm³/mol. The largest absolute Gasteiger partial charge is 0.507 e. The topological polar surface area (TPSA) is 55.8 Å². The molecule has 0 saturated heterocycles. The molecule has 116 valence electrons. The average Bonchev–Trinajstić information content (AvgIpc) is 3.10. The Morgan fingerprint density at radius 1 is 1.09 bits per heavy atom. The molecule has 0 aromatic heterocycles. The molecule has 1 N–H and O–H groups in total. The molecule has 0 saturated carbocycles. The lowest BCUT2D eigenvalue weighted by atomic mass is 10.00. The van der Waals surface area contributed by atoms with Gasteiger partial charge in [0, 0.05) is 12.0 Å². The van der Waals surface area contributed by atoms with Gasteiger partial charge < -0.3 is 14.6 Å². The maximum absolute atomic E-state index is 12.7. The number of hydrogen-bond acceptors (Lipinski definition) is 4. The minimum Gasteiger partial charge on any atom is -0.507 e. The minimum absolute atomic E-state index is 0.0954. The molecule has 4 heteroatoms. The summed E-state index contributed by atoms with van der Waals surface area (Å²) in [5.74, 6) is 1.42. The highest BCUT2D eigenvalue weighted by Gasteiger charge is 2.30. The second-order valence-electron chi connectivity index (χ2n) is 6.00. The first kappa shape index (κ1) is 13.9. The quantitative estimate of drug-likeness (QED) is 0.818. The van der Waals surface area contributed by atoms with Gasteiger partial charge in [-0.25, -0.2) is 0 Å². The molecule has 1 aliphatic heterocycles. The molecular weight excluding hydrogens is 292 g/mol. The molecule has 23 heavy (non-hydrogen) atoms. The number of hydrogen-bond donors (Lipinski definition) is 1. The molecule has 0 radical (unpaired) electrons. The van der Waals surface area contributed by atoms with Gasteiger partial charge in [-0.1, -0.05) is 12.1 Å². The van der Waals surface area contributed by atoms with Gasteiger partial charge in [-0.3, -0.25) is 4.79 Å². The fourth-order valence-corrected chi connectivity index (χ4v) is 3.24. The number of aryl methyl sites for hydroxylation is 2. The first-order valence-corrected chi connectivity index (χ1v) is 7.51. The van der Waals surface area contributed by atoms with Crippen LogP contribution in [0.5, 0.6) is 17.2 Å². The number of fused-ring (bicyclic) bond motifs is 2. The van der Waals surface area contributed by atoms with Crippen molar-refractivity contribution in [1.82, 2.24) is 0 Å². The first-order chi connectivity index (χ1) is 11.0. The molecule has 4 rings (SSSR count). The summed E-state index contributed by atoms with van der Waals surface area (Å²) in [5, 5.41) is 10.2. The molecule has 4 nitrogen and oxygen atoms in total.